The van der Waals surface area contributed by atoms with E-state index < -0.39 is 0 Å². The van der Waals surface area contributed by atoms with Crippen LogP contribution < -0.4 is 0 Å². The molecule has 90 valence electrons. The molecule has 4 heteroatoms. The van der Waals surface area contributed by atoms with Crippen LogP contribution in [0.25, 0.3) is 0 Å². The Morgan fingerprint density at radius 2 is 2.06 bits per heavy atom. The minimum atomic E-state index is -0.102. The molecule has 0 saturated heterocycles. The van der Waals surface area contributed by atoms with Crippen LogP contribution in [-0.4, -0.2) is 28.3 Å². The van der Waals surface area contributed by atoms with Crippen LogP contribution in [0, 0.1) is 5.41 Å². The average Bonchev–Trinajstić information content (AvgIpc) is 2.24. The number of hydrogen-bond acceptors (Lipinski definition) is 3. The molecule has 0 amide bonds. The van der Waals surface area contributed by atoms with Crippen LogP contribution in [0.1, 0.15) is 27.7 Å². The largest absolute Gasteiger partial charge is 0.252 e. The topological polar surface area (TPSA) is 15.6 Å². The van der Waals surface area contributed by atoms with Gasteiger partial charge in [-0.2, -0.15) is 5.10 Å². The highest BCUT2D eigenvalue weighted by Crippen LogP contribution is 2.20. The standard InChI is InChI=1S/C12H20N2S2/c1-7-8-9-12(3,4)10(2)13-14(5)11(15)16-6/h7,9H,1-6H3/b13-10+. The van der Waals surface area contributed by atoms with Crippen molar-refractivity contribution in [2.45, 2.75) is 27.7 Å². The smallest absolute Gasteiger partial charge is 0.156 e. The molecular formula is C12H20N2S2. The SMILES string of the molecule is CC=C=CC(C)(C)/C(C)=N/N(C)C(=S)SC. The monoisotopic (exact) mass is 256 g/mol. The predicted octanol–water partition coefficient (Wildman–Crippen LogP) is 3.70. The summed E-state index contributed by atoms with van der Waals surface area (Å²) in [6.07, 6.45) is 5.86. The van der Waals surface area contributed by atoms with Crippen LogP contribution >= 0.6 is 24.0 Å². The predicted molar refractivity (Wildman–Crippen MR) is 79.1 cm³/mol. The lowest BCUT2D eigenvalue weighted by Crippen LogP contribution is -2.24. The van der Waals surface area contributed by atoms with Gasteiger partial charge in [0, 0.05) is 18.2 Å². The molecule has 0 fully saturated rings. The molecule has 0 rings (SSSR count). The van der Waals surface area contributed by atoms with Crippen molar-refractivity contribution in [3.05, 3.63) is 17.9 Å². The molecule has 0 heterocycles. The van der Waals surface area contributed by atoms with Gasteiger partial charge < -0.3 is 0 Å². The minimum absolute atomic E-state index is 0.102. The Balaban J connectivity index is 4.90. The molecule has 0 aliphatic heterocycles. The Kier molecular flexibility index (Phi) is 6.65. The number of nitrogens with zero attached hydrogens (tertiary/aromatic N) is 2. The summed E-state index contributed by atoms with van der Waals surface area (Å²) in [4.78, 5) is 0. The highest BCUT2D eigenvalue weighted by Gasteiger charge is 2.19. The maximum atomic E-state index is 5.16. The van der Waals surface area contributed by atoms with Gasteiger partial charge in [0.25, 0.3) is 0 Å². The number of hydrazone groups is 1. The van der Waals surface area contributed by atoms with E-state index in [2.05, 4.69) is 24.7 Å². The Morgan fingerprint density at radius 1 is 1.50 bits per heavy atom. The third kappa shape index (κ3) is 4.97. The van der Waals surface area contributed by atoms with Crippen molar-refractivity contribution < 1.29 is 0 Å². The molecule has 0 aliphatic rings. The normalized spacial score (nSPS) is 11.8. The van der Waals surface area contributed by atoms with Crippen LogP contribution in [0.2, 0.25) is 0 Å². The molecule has 0 saturated carbocycles. The summed E-state index contributed by atoms with van der Waals surface area (Å²) in [6, 6.07) is 0. The van der Waals surface area contributed by atoms with Crippen molar-refractivity contribution in [2.75, 3.05) is 13.3 Å². The third-order valence-electron chi connectivity index (χ3n) is 2.28. The van der Waals surface area contributed by atoms with Crippen molar-refractivity contribution in [2.24, 2.45) is 10.5 Å². The molecule has 0 aromatic heterocycles. The third-order valence-corrected chi connectivity index (χ3v) is 3.66. The fourth-order valence-electron chi connectivity index (χ4n) is 0.923. The van der Waals surface area contributed by atoms with Crippen molar-refractivity contribution in [1.82, 2.24) is 5.01 Å². The molecule has 16 heavy (non-hydrogen) atoms. The number of hydrogen-bond donors (Lipinski definition) is 0. The van der Waals surface area contributed by atoms with Gasteiger partial charge in [-0.1, -0.05) is 37.8 Å². The molecule has 2 nitrogen and oxygen atoms in total. The van der Waals surface area contributed by atoms with Gasteiger partial charge in [0.05, 0.1) is 0 Å². The van der Waals surface area contributed by atoms with Crippen molar-refractivity contribution in [3.8, 4) is 0 Å². The van der Waals surface area contributed by atoms with Crippen molar-refractivity contribution in [1.29, 1.82) is 0 Å². The second-order valence-electron chi connectivity index (χ2n) is 4.00. The first kappa shape index (κ1) is 15.4. The second kappa shape index (κ2) is 6.89. The van der Waals surface area contributed by atoms with Crippen LogP contribution in [0.4, 0.5) is 0 Å². The van der Waals surface area contributed by atoms with Crippen LogP contribution in [-0.2, 0) is 0 Å². The number of allylic oxidation sites excluding steroid dienone is 1. The molecule has 0 aromatic rings. The van der Waals surface area contributed by atoms with Crippen LogP contribution in [0.3, 0.4) is 0 Å². The van der Waals surface area contributed by atoms with Gasteiger partial charge in [0.15, 0.2) is 4.32 Å². The zero-order valence-electron chi connectivity index (χ0n) is 10.9. The molecule has 0 radical (unpaired) electrons. The number of rotatable bonds is 3. The Hall–Kier alpha value is -0.570. The van der Waals surface area contributed by atoms with Gasteiger partial charge in [-0.05, 0) is 32.3 Å². The maximum Gasteiger partial charge on any atom is 0.156 e. The van der Waals surface area contributed by atoms with E-state index in [1.54, 1.807) is 5.01 Å². The molecule has 0 bridgehead atoms. The van der Waals surface area contributed by atoms with E-state index in [1.165, 1.54) is 11.8 Å². The van der Waals surface area contributed by atoms with E-state index in [1.807, 2.05) is 39.3 Å². The zero-order chi connectivity index (χ0) is 12.8. The summed E-state index contributed by atoms with van der Waals surface area (Å²) >= 11 is 6.68. The van der Waals surface area contributed by atoms with Gasteiger partial charge in [-0.3, -0.25) is 5.01 Å². The molecule has 0 atom stereocenters. The lowest BCUT2D eigenvalue weighted by atomic mass is 9.88. The van der Waals surface area contributed by atoms with Crippen molar-refractivity contribution in [3.63, 3.8) is 0 Å². The van der Waals surface area contributed by atoms with Crippen LogP contribution in [0.5, 0.6) is 0 Å². The fraction of sp³-hybridized carbons (Fsp3) is 0.583. The van der Waals surface area contributed by atoms with E-state index in [-0.39, 0.29) is 5.41 Å². The lowest BCUT2D eigenvalue weighted by molar-refractivity contribution is 0.542. The molecule has 0 spiro atoms. The van der Waals surface area contributed by atoms with Gasteiger partial charge in [0.2, 0.25) is 0 Å². The Bertz CT molecular complexity index is 337. The first-order valence-electron chi connectivity index (χ1n) is 5.10. The summed E-state index contributed by atoms with van der Waals surface area (Å²) in [5, 5.41) is 6.21. The van der Waals surface area contributed by atoms with E-state index in [0.29, 0.717) is 0 Å². The number of thioether (sulfide) groups is 1. The highest BCUT2D eigenvalue weighted by molar-refractivity contribution is 8.22. The molecule has 0 N–H and O–H groups in total. The summed E-state index contributed by atoms with van der Waals surface area (Å²) in [5.74, 6) is 0. The van der Waals surface area contributed by atoms with Gasteiger partial charge >= 0.3 is 0 Å². The van der Waals surface area contributed by atoms with Gasteiger partial charge in [-0.15, -0.1) is 5.73 Å². The Labute approximate surface area is 108 Å². The quantitative estimate of drug-likeness (QED) is 0.331. The summed E-state index contributed by atoms with van der Waals surface area (Å²) in [7, 11) is 1.87. The Morgan fingerprint density at radius 3 is 2.50 bits per heavy atom. The number of thiocarbonyl (C=S) groups is 1. The summed E-state index contributed by atoms with van der Waals surface area (Å²) in [6.45, 7) is 8.18. The average molecular weight is 256 g/mol. The van der Waals surface area contributed by atoms with Gasteiger partial charge in [0.1, 0.15) is 0 Å². The van der Waals surface area contributed by atoms with E-state index in [0.717, 1.165) is 10.0 Å². The summed E-state index contributed by atoms with van der Waals surface area (Å²) < 4.78 is 0.769. The second-order valence-corrected chi connectivity index (χ2v) is 5.44. The van der Waals surface area contributed by atoms with E-state index >= 15 is 0 Å². The zero-order valence-corrected chi connectivity index (χ0v) is 12.5. The maximum absolute atomic E-state index is 5.16. The highest BCUT2D eigenvalue weighted by atomic mass is 32.2. The first-order valence-corrected chi connectivity index (χ1v) is 6.74. The molecular weight excluding hydrogens is 236 g/mol. The van der Waals surface area contributed by atoms with Gasteiger partial charge in [-0.25, -0.2) is 0 Å². The lowest BCUT2D eigenvalue weighted by Gasteiger charge is -2.22. The van der Waals surface area contributed by atoms with Crippen LogP contribution in [0.15, 0.2) is 23.0 Å². The van der Waals surface area contributed by atoms with Crippen molar-refractivity contribution >= 4 is 34.0 Å². The molecule has 0 unspecified atom stereocenters. The minimum Gasteiger partial charge on any atom is -0.252 e. The summed E-state index contributed by atoms with van der Waals surface area (Å²) in [5.41, 5.74) is 4.01. The van der Waals surface area contributed by atoms with E-state index in [4.69, 9.17) is 12.2 Å². The van der Waals surface area contributed by atoms with E-state index in [9.17, 15) is 0 Å². The molecule has 0 aromatic carbocycles. The fourth-order valence-corrected chi connectivity index (χ4v) is 1.27. The first-order chi connectivity index (χ1) is 7.35. The molecule has 0 aliphatic carbocycles.